The van der Waals surface area contributed by atoms with Crippen LogP contribution < -0.4 is 16.0 Å². The summed E-state index contributed by atoms with van der Waals surface area (Å²) in [5.74, 6) is -0.0208. The van der Waals surface area contributed by atoms with Gasteiger partial charge in [0.25, 0.3) is 5.91 Å². The van der Waals surface area contributed by atoms with Crippen LogP contribution in [0.4, 0.5) is 5.69 Å². The lowest BCUT2D eigenvalue weighted by Crippen LogP contribution is -2.37. The van der Waals surface area contributed by atoms with Crippen molar-refractivity contribution < 1.29 is 4.79 Å². The molecule has 1 aliphatic rings. The van der Waals surface area contributed by atoms with Crippen molar-refractivity contribution in [2.24, 2.45) is 5.73 Å². The van der Waals surface area contributed by atoms with Gasteiger partial charge in [0.15, 0.2) is 0 Å². The molecule has 0 spiro atoms. The molecule has 0 aliphatic carbocycles. The van der Waals surface area contributed by atoms with Gasteiger partial charge in [-0.25, -0.2) is 0 Å². The molecule has 0 saturated carbocycles. The molecule has 0 bridgehead atoms. The molecule has 0 radical (unpaired) electrons. The Morgan fingerprint density at radius 3 is 2.58 bits per heavy atom. The van der Waals surface area contributed by atoms with Crippen molar-refractivity contribution in [2.75, 3.05) is 18.0 Å². The van der Waals surface area contributed by atoms with Crippen LogP contribution in [0.5, 0.6) is 0 Å². The summed E-state index contributed by atoms with van der Waals surface area (Å²) in [5.41, 5.74) is 8.47. The maximum Gasteiger partial charge on any atom is 0.251 e. The molecule has 1 amide bonds. The van der Waals surface area contributed by atoms with Gasteiger partial charge in [-0.15, -0.1) is 12.4 Å². The maximum atomic E-state index is 12.3. The Morgan fingerprint density at radius 2 is 1.92 bits per heavy atom. The minimum atomic E-state index is -0.0208. The highest BCUT2D eigenvalue weighted by atomic mass is 79.9. The van der Waals surface area contributed by atoms with E-state index in [1.54, 1.807) is 0 Å². The van der Waals surface area contributed by atoms with Crippen molar-refractivity contribution >= 4 is 39.9 Å². The summed E-state index contributed by atoms with van der Waals surface area (Å²) in [4.78, 5) is 14.6. The molecule has 2 aromatic rings. The second-order valence-corrected chi connectivity index (χ2v) is 6.61. The average Bonchev–Trinajstić information content (AvgIpc) is 3.03. The van der Waals surface area contributed by atoms with Gasteiger partial charge >= 0.3 is 0 Å². The monoisotopic (exact) mass is 409 g/mol. The van der Waals surface area contributed by atoms with Gasteiger partial charge in [-0.2, -0.15) is 0 Å². The van der Waals surface area contributed by atoms with Crippen LogP contribution >= 0.6 is 28.3 Å². The van der Waals surface area contributed by atoms with E-state index >= 15 is 0 Å². The second kappa shape index (κ2) is 8.51. The number of para-hydroxylation sites is 1. The number of carbonyl (C=O) groups is 1. The quantitative estimate of drug-likeness (QED) is 0.813. The van der Waals surface area contributed by atoms with Crippen LogP contribution in [0, 0.1) is 0 Å². The molecule has 24 heavy (non-hydrogen) atoms. The van der Waals surface area contributed by atoms with Gasteiger partial charge < -0.3 is 16.0 Å². The van der Waals surface area contributed by atoms with Crippen LogP contribution in [-0.2, 0) is 6.54 Å². The van der Waals surface area contributed by atoms with Crippen molar-refractivity contribution in [3.8, 4) is 0 Å². The number of rotatable bonds is 4. The van der Waals surface area contributed by atoms with Gasteiger partial charge in [0.2, 0.25) is 0 Å². The molecule has 1 unspecified atom stereocenters. The highest BCUT2D eigenvalue weighted by Crippen LogP contribution is 2.28. The second-order valence-electron chi connectivity index (χ2n) is 5.76. The number of halogens is 2. The molecule has 3 N–H and O–H groups in total. The SMILES string of the molecule is Cl.NCc1ccc(C(=O)NC2CCN(c3ccccc3Br)C2)cc1. The highest BCUT2D eigenvalue weighted by molar-refractivity contribution is 9.10. The van der Waals surface area contributed by atoms with Crippen LogP contribution in [0.15, 0.2) is 53.0 Å². The molecule has 4 nitrogen and oxygen atoms in total. The third-order valence-corrected chi connectivity index (χ3v) is 4.84. The Labute approximate surface area is 157 Å². The summed E-state index contributed by atoms with van der Waals surface area (Å²) in [6.07, 6.45) is 0.952. The Bertz CT molecular complexity index is 693. The predicted molar refractivity (Wildman–Crippen MR) is 104 cm³/mol. The Balaban J connectivity index is 0.00000208. The normalized spacial score (nSPS) is 16.6. The molecular formula is C18H21BrClN3O. The number of hydrogen-bond acceptors (Lipinski definition) is 3. The van der Waals surface area contributed by atoms with E-state index in [2.05, 4.69) is 32.2 Å². The molecule has 6 heteroatoms. The van der Waals surface area contributed by atoms with Crippen LogP contribution in [-0.4, -0.2) is 25.0 Å². The fraction of sp³-hybridized carbons (Fsp3) is 0.278. The number of nitrogens with one attached hydrogen (secondary N) is 1. The van der Waals surface area contributed by atoms with E-state index in [-0.39, 0.29) is 24.4 Å². The zero-order valence-electron chi connectivity index (χ0n) is 13.2. The first-order valence-electron chi connectivity index (χ1n) is 7.76. The number of amides is 1. The van der Waals surface area contributed by atoms with Crippen molar-refractivity contribution in [1.82, 2.24) is 5.32 Å². The third-order valence-electron chi connectivity index (χ3n) is 4.17. The van der Waals surface area contributed by atoms with Gasteiger partial charge in [0.1, 0.15) is 0 Å². The lowest BCUT2D eigenvalue weighted by molar-refractivity contribution is 0.0940. The molecular weight excluding hydrogens is 390 g/mol. The molecule has 128 valence electrons. The summed E-state index contributed by atoms with van der Waals surface area (Å²) in [6, 6.07) is 15.8. The molecule has 0 aromatic heterocycles. The molecule has 1 aliphatic heterocycles. The summed E-state index contributed by atoms with van der Waals surface area (Å²) in [6.45, 7) is 2.26. The smallest absolute Gasteiger partial charge is 0.251 e. The average molecular weight is 411 g/mol. The van der Waals surface area contributed by atoms with Gasteiger partial charge in [-0.1, -0.05) is 24.3 Å². The number of benzene rings is 2. The van der Waals surface area contributed by atoms with E-state index in [0.717, 1.165) is 29.5 Å². The summed E-state index contributed by atoms with van der Waals surface area (Å²) < 4.78 is 1.09. The minimum absolute atomic E-state index is 0. The Kier molecular flexibility index (Phi) is 6.66. The van der Waals surface area contributed by atoms with Crippen LogP contribution in [0.1, 0.15) is 22.3 Å². The van der Waals surface area contributed by atoms with E-state index in [1.807, 2.05) is 42.5 Å². The summed E-state index contributed by atoms with van der Waals surface area (Å²) in [7, 11) is 0. The van der Waals surface area contributed by atoms with Crippen molar-refractivity contribution in [3.05, 3.63) is 64.1 Å². The molecule has 1 atom stereocenters. The lowest BCUT2D eigenvalue weighted by atomic mass is 10.1. The molecule has 2 aromatic carbocycles. The minimum Gasteiger partial charge on any atom is -0.368 e. The number of nitrogens with zero attached hydrogens (tertiary/aromatic N) is 1. The number of hydrogen-bond donors (Lipinski definition) is 2. The van der Waals surface area contributed by atoms with Gasteiger partial charge in [-0.05, 0) is 52.2 Å². The third kappa shape index (κ3) is 4.29. The highest BCUT2D eigenvalue weighted by Gasteiger charge is 2.25. The van der Waals surface area contributed by atoms with E-state index < -0.39 is 0 Å². The molecule has 3 rings (SSSR count). The van der Waals surface area contributed by atoms with Crippen molar-refractivity contribution in [1.29, 1.82) is 0 Å². The largest absolute Gasteiger partial charge is 0.368 e. The van der Waals surface area contributed by atoms with Gasteiger partial charge in [0.05, 0.1) is 5.69 Å². The predicted octanol–water partition coefficient (Wildman–Crippen LogP) is 3.34. The van der Waals surface area contributed by atoms with Gasteiger partial charge in [0, 0.05) is 35.7 Å². The fourth-order valence-corrected chi connectivity index (χ4v) is 3.40. The topological polar surface area (TPSA) is 58.4 Å². The maximum absolute atomic E-state index is 12.3. The Hall–Kier alpha value is -1.56. The first-order valence-corrected chi connectivity index (χ1v) is 8.56. The standard InChI is InChI=1S/C18H20BrN3O.ClH/c19-16-3-1-2-4-17(16)22-10-9-15(12-22)21-18(23)14-7-5-13(11-20)6-8-14;/h1-8,15H,9-12,20H2,(H,21,23);1H. The van der Waals surface area contributed by atoms with E-state index in [4.69, 9.17) is 5.73 Å². The molecule has 1 heterocycles. The van der Waals surface area contributed by atoms with Gasteiger partial charge in [-0.3, -0.25) is 4.79 Å². The fourth-order valence-electron chi connectivity index (χ4n) is 2.87. The zero-order valence-corrected chi connectivity index (χ0v) is 15.6. The number of carbonyl (C=O) groups excluding carboxylic acids is 1. The van der Waals surface area contributed by atoms with E-state index in [9.17, 15) is 4.79 Å². The lowest BCUT2D eigenvalue weighted by Gasteiger charge is -2.20. The van der Waals surface area contributed by atoms with Crippen LogP contribution in [0.25, 0.3) is 0 Å². The summed E-state index contributed by atoms with van der Waals surface area (Å²) >= 11 is 3.59. The van der Waals surface area contributed by atoms with Crippen molar-refractivity contribution in [2.45, 2.75) is 19.0 Å². The van der Waals surface area contributed by atoms with Crippen molar-refractivity contribution in [3.63, 3.8) is 0 Å². The Morgan fingerprint density at radius 1 is 1.21 bits per heavy atom. The van der Waals surface area contributed by atoms with Crippen LogP contribution in [0.3, 0.4) is 0 Å². The first kappa shape index (κ1) is 18.8. The number of nitrogens with two attached hydrogens (primary N) is 1. The van der Waals surface area contributed by atoms with Crippen LogP contribution in [0.2, 0.25) is 0 Å². The van der Waals surface area contributed by atoms with E-state index in [0.29, 0.717) is 12.1 Å². The molecule has 1 saturated heterocycles. The van der Waals surface area contributed by atoms with E-state index in [1.165, 1.54) is 5.69 Å². The summed E-state index contributed by atoms with van der Waals surface area (Å²) in [5, 5.41) is 3.12. The molecule has 1 fully saturated rings. The number of anilines is 1. The zero-order chi connectivity index (χ0) is 16.2. The first-order chi connectivity index (χ1) is 11.2.